The van der Waals surface area contributed by atoms with Gasteiger partial charge >= 0.3 is 0 Å². The van der Waals surface area contributed by atoms with E-state index in [4.69, 9.17) is 9.47 Å². The first kappa shape index (κ1) is 16.1. The molecule has 0 amide bonds. The first-order valence-corrected chi connectivity index (χ1v) is 8.75. The van der Waals surface area contributed by atoms with E-state index in [1.165, 1.54) is 12.8 Å². The Kier molecular flexibility index (Phi) is 4.64. The van der Waals surface area contributed by atoms with Crippen LogP contribution in [-0.4, -0.2) is 63.0 Å². The molecule has 3 rings (SSSR count). The molecule has 3 fully saturated rings. The molecule has 0 aromatic carbocycles. The fourth-order valence-corrected chi connectivity index (χ4v) is 4.50. The molecule has 0 bridgehead atoms. The summed E-state index contributed by atoms with van der Waals surface area (Å²) < 4.78 is 11.5. The van der Waals surface area contributed by atoms with Gasteiger partial charge in [0.15, 0.2) is 5.96 Å². The molecule has 4 atom stereocenters. The normalized spacial score (nSPS) is 37.1. The largest absolute Gasteiger partial charge is 0.381 e. The van der Waals surface area contributed by atoms with E-state index in [0.717, 1.165) is 38.9 Å². The van der Waals surface area contributed by atoms with Crippen LogP contribution >= 0.6 is 0 Å². The minimum Gasteiger partial charge on any atom is -0.381 e. The lowest BCUT2D eigenvalue weighted by atomic mass is 9.57. The third-order valence-electron chi connectivity index (χ3n) is 5.74. The van der Waals surface area contributed by atoms with Crippen molar-refractivity contribution in [2.75, 3.05) is 40.0 Å². The van der Waals surface area contributed by atoms with E-state index < -0.39 is 0 Å². The molecule has 0 aromatic heterocycles. The molecule has 22 heavy (non-hydrogen) atoms. The zero-order valence-electron chi connectivity index (χ0n) is 14.5. The number of ether oxygens (including phenoxy) is 2. The Morgan fingerprint density at radius 1 is 1.41 bits per heavy atom. The predicted molar refractivity (Wildman–Crippen MR) is 88.1 cm³/mol. The van der Waals surface area contributed by atoms with Gasteiger partial charge in [0.25, 0.3) is 0 Å². The molecule has 1 saturated carbocycles. The second-order valence-electron chi connectivity index (χ2n) is 7.49. The van der Waals surface area contributed by atoms with Gasteiger partial charge in [0.2, 0.25) is 0 Å². The smallest absolute Gasteiger partial charge is 0.193 e. The summed E-state index contributed by atoms with van der Waals surface area (Å²) in [5.41, 5.74) is 0.196. The van der Waals surface area contributed by atoms with Gasteiger partial charge < -0.3 is 19.7 Å². The molecule has 1 N–H and O–H groups in total. The molecule has 0 aromatic rings. The summed E-state index contributed by atoms with van der Waals surface area (Å²) in [4.78, 5) is 6.93. The summed E-state index contributed by atoms with van der Waals surface area (Å²) in [6.07, 6.45) is 2.80. The summed E-state index contributed by atoms with van der Waals surface area (Å²) in [6.45, 7) is 11.4. The molecule has 2 saturated heterocycles. The fourth-order valence-electron chi connectivity index (χ4n) is 4.50. The van der Waals surface area contributed by atoms with Gasteiger partial charge in [-0.2, -0.15) is 0 Å². The van der Waals surface area contributed by atoms with E-state index in [-0.39, 0.29) is 5.41 Å². The maximum atomic E-state index is 5.89. The van der Waals surface area contributed by atoms with Gasteiger partial charge in [-0.15, -0.1) is 0 Å². The van der Waals surface area contributed by atoms with Crippen molar-refractivity contribution in [2.45, 2.75) is 45.8 Å². The van der Waals surface area contributed by atoms with Crippen molar-refractivity contribution in [1.82, 2.24) is 10.2 Å². The van der Waals surface area contributed by atoms with Crippen LogP contribution in [0.3, 0.4) is 0 Å². The third-order valence-corrected chi connectivity index (χ3v) is 5.74. The first-order chi connectivity index (χ1) is 10.6. The lowest BCUT2D eigenvalue weighted by Gasteiger charge is -2.55. The van der Waals surface area contributed by atoms with E-state index in [2.05, 4.69) is 36.0 Å². The molecule has 3 aliphatic rings. The number of nitrogens with zero attached hydrogens (tertiary/aromatic N) is 2. The minimum atomic E-state index is 0.196. The van der Waals surface area contributed by atoms with Crippen molar-refractivity contribution in [2.24, 2.45) is 22.2 Å². The van der Waals surface area contributed by atoms with Gasteiger partial charge in [-0.1, -0.05) is 13.8 Å². The number of likely N-dealkylation sites (tertiary alicyclic amines) is 1. The molecule has 2 heterocycles. The van der Waals surface area contributed by atoms with Crippen molar-refractivity contribution in [3.63, 3.8) is 0 Å². The van der Waals surface area contributed by atoms with Crippen LogP contribution in [0.15, 0.2) is 4.99 Å². The summed E-state index contributed by atoms with van der Waals surface area (Å²) >= 11 is 0. The fraction of sp³-hybridized carbons (Fsp3) is 0.941. The molecule has 0 spiro atoms. The van der Waals surface area contributed by atoms with Gasteiger partial charge in [-0.25, -0.2) is 0 Å². The highest BCUT2D eigenvalue weighted by molar-refractivity contribution is 5.80. The highest BCUT2D eigenvalue weighted by atomic mass is 16.5. The Hall–Kier alpha value is -0.810. The van der Waals surface area contributed by atoms with E-state index >= 15 is 0 Å². The summed E-state index contributed by atoms with van der Waals surface area (Å²) in [5, 5.41) is 3.74. The van der Waals surface area contributed by atoms with Crippen molar-refractivity contribution in [3.8, 4) is 0 Å². The molecule has 5 nitrogen and oxygen atoms in total. The van der Waals surface area contributed by atoms with E-state index in [1.807, 2.05) is 7.05 Å². The van der Waals surface area contributed by atoms with Crippen molar-refractivity contribution >= 4 is 5.96 Å². The Balaban J connectivity index is 1.57. The molecular formula is C17H31N3O2. The number of hydrogen-bond acceptors (Lipinski definition) is 3. The average molecular weight is 309 g/mol. The molecule has 1 aliphatic carbocycles. The van der Waals surface area contributed by atoms with Gasteiger partial charge in [-0.05, 0) is 19.8 Å². The van der Waals surface area contributed by atoms with Gasteiger partial charge in [0.05, 0.1) is 12.7 Å². The zero-order valence-corrected chi connectivity index (χ0v) is 14.5. The molecule has 0 radical (unpaired) electrons. The van der Waals surface area contributed by atoms with Crippen LogP contribution < -0.4 is 5.32 Å². The Morgan fingerprint density at radius 3 is 2.95 bits per heavy atom. The van der Waals surface area contributed by atoms with Crippen molar-refractivity contribution in [3.05, 3.63) is 0 Å². The van der Waals surface area contributed by atoms with Crippen LogP contribution in [0.4, 0.5) is 0 Å². The summed E-state index contributed by atoms with van der Waals surface area (Å²) in [6, 6.07) is 0.477. The number of fused-ring (bicyclic) bond motifs is 1. The highest BCUT2D eigenvalue weighted by Crippen LogP contribution is 2.52. The molecule has 2 aliphatic heterocycles. The molecule has 126 valence electrons. The highest BCUT2D eigenvalue weighted by Gasteiger charge is 2.59. The van der Waals surface area contributed by atoms with Crippen molar-refractivity contribution in [1.29, 1.82) is 0 Å². The number of rotatable bonds is 4. The monoisotopic (exact) mass is 309 g/mol. The second kappa shape index (κ2) is 6.36. The Labute approximate surface area is 134 Å². The maximum Gasteiger partial charge on any atom is 0.193 e. The average Bonchev–Trinajstić information content (AvgIpc) is 3.14. The first-order valence-electron chi connectivity index (χ1n) is 8.75. The van der Waals surface area contributed by atoms with E-state index in [9.17, 15) is 0 Å². The van der Waals surface area contributed by atoms with E-state index in [0.29, 0.717) is 24.0 Å². The van der Waals surface area contributed by atoms with E-state index in [1.54, 1.807) is 0 Å². The van der Waals surface area contributed by atoms with Gasteiger partial charge in [-0.3, -0.25) is 4.99 Å². The topological polar surface area (TPSA) is 46.1 Å². The SMILES string of the molecule is CCOCC1CCN(C(=NC)NC2C3CCOC3C2(C)C)C1. The van der Waals surface area contributed by atoms with Crippen LogP contribution in [0, 0.1) is 17.3 Å². The van der Waals surface area contributed by atoms with Crippen LogP contribution in [0.25, 0.3) is 0 Å². The van der Waals surface area contributed by atoms with Crippen molar-refractivity contribution < 1.29 is 9.47 Å². The molecule has 4 unspecified atom stereocenters. The Morgan fingerprint density at radius 2 is 2.23 bits per heavy atom. The van der Waals surface area contributed by atoms with Crippen LogP contribution in [0.1, 0.15) is 33.6 Å². The number of nitrogens with one attached hydrogen (secondary N) is 1. The minimum absolute atomic E-state index is 0.196. The number of hydrogen-bond donors (Lipinski definition) is 1. The molecule has 5 heteroatoms. The van der Waals surface area contributed by atoms with Gasteiger partial charge in [0.1, 0.15) is 0 Å². The van der Waals surface area contributed by atoms with Crippen LogP contribution in [0.2, 0.25) is 0 Å². The quantitative estimate of drug-likeness (QED) is 0.635. The number of guanidine groups is 1. The lowest BCUT2D eigenvalue weighted by molar-refractivity contribution is -0.107. The lowest BCUT2D eigenvalue weighted by Crippen LogP contribution is -2.68. The Bertz CT molecular complexity index is 424. The van der Waals surface area contributed by atoms with Crippen LogP contribution in [0.5, 0.6) is 0 Å². The predicted octanol–water partition coefficient (Wildman–Crippen LogP) is 1.73. The second-order valence-corrected chi connectivity index (χ2v) is 7.49. The third kappa shape index (κ3) is 2.73. The van der Waals surface area contributed by atoms with Crippen LogP contribution in [-0.2, 0) is 9.47 Å². The summed E-state index contributed by atoms with van der Waals surface area (Å²) in [7, 11) is 1.90. The number of aliphatic imine (C=N–C) groups is 1. The maximum absolute atomic E-state index is 5.89. The molecular weight excluding hydrogens is 278 g/mol. The zero-order chi connectivity index (χ0) is 15.7. The summed E-state index contributed by atoms with van der Waals surface area (Å²) in [5.74, 6) is 2.34. The van der Waals surface area contributed by atoms with Gasteiger partial charge in [0, 0.05) is 56.6 Å². The standard InChI is InChI=1S/C17H31N3O2/c1-5-21-11-12-6-8-20(10-12)16(18-4)19-14-13-7-9-22-15(13)17(14,2)3/h12-15H,5-11H2,1-4H3,(H,18,19).